The molecule has 0 radical (unpaired) electrons. The number of carbonyl (C=O) groups excluding carboxylic acids is 1. The highest BCUT2D eigenvalue weighted by atomic mass is 35.5. The second kappa shape index (κ2) is 5.70. The Labute approximate surface area is 113 Å². The van der Waals surface area contributed by atoms with Crippen LogP contribution in [0.3, 0.4) is 0 Å². The first-order chi connectivity index (χ1) is 8.63. The predicted octanol–water partition coefficient (Wildman–Crippen LogP) is 3.48. The predicted molar refractivity (Wildman–Crippen MR) is 72.9 cm³/mol. The fraction of sp³-hybridized carbons (Fsp3) is 0.571. The van der Waals surface area contributed by atoms with Crippen LogP contribution in [0.5, 0.6) is 0 Å². The highest BCUT2D eigenvalue weighted by molar-refractivity contribution is 6.32. The minimum absolute atomic E-state index is 0.200. The highest BCUT2D eigenvalue weighted by Crippen LogP contribution is 2.24. The molecule has 0 spiro atoms. The van der Waals surface area contributed by atoms with E-state index in [4.69, 9.17) is 11.6 Å². The van der Waals surface area contributed by atoms with Gasteiger partial charge in [0.15, 0.2) is 5.78 Å². The lowest BCUT2D eigenvalue weighted by molar-refractivity contribution is -0.115. The average molecular weight is 267 g/mol. The summed E-state index contributed by atoms with van der Waals surface area (Å²) in [6, 6.07) is 0. The zero-order valence-corrected chi connectivity index (χ0v) is 11.8. The Morgan fingerprint density at radius 1 is 1.50 bits per heavy atom. The summed E-state index contributed by atoms with van der Waals surface area (Å²) in [6.45, 7) is 4.63. The summed E-state index contributed by atoms with van der Waals surface area (Å²) in [5, 5.41) is 4.98. The van der Waals surface area contributed by atoms with E-state index >= 15 is 0 Å². The molecule has 0 amide bonds. The zero-order chi connectivity index (χ0) is 13.1. The van der Waals surface area contributed by atoms with Crippen molar-refractivity contribution < 1.29 is 4.79 Å². The fourth-order valence-corrected chi connectivity index (χ4v) is 2.60. The molecule has 0 fully saturated rings. The van der Waals surface area contributed by atoms with Crippen LogP contribution >= 0.6 is 11.6 Å². The topological polar surface area (TPSA) is 34.9 Å². The van der Waals surface area contributed by atoms with Crippen molar-refractivity contribution in [2.75, 3.05) is 0 Å². The standard InChI is InChI=1S/C14H19ClN2O/c1-3-17-12(14(15)10(2)16-17)9-13(18)11-7-5-4-6-8-11/h7H,3-6,8-9H2,1-2H3. The minimum atomic E-state index is 0.200. The maximum atomic E-state index is 12.2. The molecule has 4 heteroatoms. The lowest BCUT2D eigenvalue weighted by Gasteiger charge is -2.12. The molecule has 0 aromatic carbocycles. The van der Waals surface area contributed by atoms with E-state index in [0.29, 0.717) is 11.4 Å². The van der Waals surface area contributed by atoms with Crippen LogP contribution in [-0.4, -0.2) is 15.6 Å². The van der Waals surface area contributed by atoms with Gasteiger partial charge in [-0.05, 0) is 45.1 Å². The van der Waals surface area contributed by atoms with Crippen molar-refractivity contribution in [3.8, 4) is 0 Å². The number of aromatic nitrogens is 2. The number of allylic oxidation sites excluding steroid dienone is 2. The molecule has 1 heterocycles. The molecule has 3 nitrogen and oxygen atoms in total. The summed E-state index contributed by atoms with van der Waals surface area (Å²) in [5.74, 6) is 0.200. The molecule has 0 unspecified atom stereocenters. The number of halogens is 1. The Kier molecular flexibility index (Phi) is 4.23. The lowest BCUT2D eigenvalue weighted by Crippen LogP contribution is -2.13. The molecule has 1 aliphatic carbocycles. The van der Waals surface area contributed by atoms with Crippen LogP contribution in [0.25, 0.3) is 0 Å². The summed E-state index contributed by atoms with van der Waals surface area (Å²) in [7, 11) is 0. The van der Waals surface area contributed by atoms with Gasteiger partial charge in [-0.3, -0.25) is 9.48 Å². The molecule has 0 aliphatic heterocycles. The highest BCUT2D eigenvalue weighted by Gasteiger charge is 2.19. The number of rotatable bonds is 4. The molecule has 1 aromatic rings. The third-order valence-electron chi connectivity index (χ3n) is 3.43. The van der Waals surface area contributed by atoms with Crippen molar-refractivity contribution in [3.05, 3.63) is 28.1 Å². The van der Waals surface area contributed by atoms with Crippen LogP contribution in [0, 0.1) is 6.92 Å². The van der Waals surface area contributed by atoms with E-state index in [2.05, 4.69) is 11.2 Å². The molecule has 0 N–H and O–H groups in total. The Balaban J connectivity index is 2.18. The number of nitrogens with zero attached hydrogens (tertiary/aromatic N) is 2. The van der Waals surface area contributed by atoms with Crippen molar-refractivity contribution in [2.24, 2.45) is 0 Å². The van der Waals surface area contributed by atoms with Crippen molar-refractivity contribution in [1.29, 1.82) is 0 Å². The maximum absolute atomic E-state index is 12.2. The van der Waals surface area contributed by atoms with Gasteiger partial charge in [-0.1, -0.05) is 17.7 Å². The quantitative estimate of drug-likeness (QED) is 0.836. The molecule has 0 bridgehead atoms. The Morgan fingerprint density at radius 3 is 2.89 bits per heavy atom. The molecular weight excluding hydrogens is 248 g/mol. The smallest absolute Gasteiger partial charge is 0.164 e. The number of hydrogen-bond acceptors (Lipinski definition) is 2. The number of carbonyl (C=O) groups is 1. The van der Waals surface area contributed by atoms with Crippen LogP contribution in [0.15, 0.2) is 11.6 Å². The third-order valence-corrected chi connectivity index (χ3v) is 3.92. The van der Waals surface area contributed by atoms with Crippen LogP contribution < -0.4 is 0 Å². The zero-order valence-electron chi connectivity index (χ0n) is 11.0. The van der Waals surface area contributed by atoms with E-state index in [9.17, 15) is 4.79 Å². The first-order valence-electron chi connectivity index (χ1n) is 6.57. The number of Topliss-reactive ketones (excluding diaryl/α,β-unsaturated/α-hetero) is 1. The molecule has 0 atom stereocenters. The molecule has 98 valence electrons. The normalized spacial score (nSPS) is 15.6. The third kappa shape index (κ3) is 2.66. The summed E-state index contributed by atoms with van der Waals surface area (Å²) in [6.07, 6.45) is 6.72. The molecule has 2 rings (SSSR count). The van der Waals surface area contributed by atoms with Gasteiger partial charge >= 0.3 is 0 Å². The van der Waals surface area contributed by atoms with Gasteiger partial charge in [-0.15, -0.1) is 0 Å². The Morgan fingerprint density at radius 2 is 2.28 bits per heavy atom. The number of ketones is 1. The van der Waals surface area contributed by atoms with Crippen molar-refractivity contribution in [2.45, 2.75) is 52.5 Å². The van der Waals surface area contributed by atoms with E-state index in [0.717, 1.165) is 42.8 Å². The average Bonchev–Trinajstić information content (AvgIpc) is 2.67. The van der Waals surface area contributed by atoms with Gasteiger partial charge in [0, 0.05) is 6.54 Å². The molecule has 1 aliphatic rings. The minimum Gasteiger partial charge on any atom is -0.294 e. The van der Waals surface area contributed by atoms with Gasteiger partial charge < -0.3 is 0 Å². The van der Waals surface area contributed by atoms with E-state index in [-0.39, 0.29) is 5.78 Å². The Bertz CT molecular complexity index is 488. The first kappa shape index (κ1) is 13.3. The molecule has 18 heavy (non-hydrogen) atoms. The van der Waals surface area contributed by atoms with E-state index in [1.165, 1.54) is 6.42 Å². The van der Waals surface area contributed by atoms with Gasteiger partial charge in [0.2, 0.25) is 0 Å². The molecular formula is C14H19ClN2O. The molecule has 1 aromatic heterocycles. The fourth-order valence-electron chi connectivity index (χ4n) is 2.39. The van der Waals surface area contributed by atoms with Gasteiger partial charge in [-0.25, -0.2) is 0 Å². The van der Waals surface area contributed by atoms with Crippen molar-refractivity contribution >= 4 is 17.4 Å². The van der Waals surface area contributed by atoms with Gasteiger partial charge in [0.1, 0.15) is 0 Å². The van der Waals surface area contributed by atoms with Crippen LogP contribution in [-0.2, 0) is 17.8 Å². The van der Waals surface area contributed by atoms with Crippen LogP contribution in [0.1, 0.15) is 44.0 Å². The number of aryl methyl sites for hydroxylation is 2. The van der Waals surface area contributed by atoms with Crippen molar-refractivity contribution in [3.63, 3.8) is 0 Å². The van der Waals surface area contributed by atoms with E-state index in [1.807, 2.05) is 18.5 Å². The molecule has 0 saturated carbocycles. The molecule has 0 saturated heterocycles. The largest absolute Gasteiger partial charge is 0.294 e. The summed E-state index contributed by atoms with van der Waals surface area (Å²) in [5.41, 5.74) is 2.63. The van der Waals surface area contributed by atoms with E-state index in [1.54, 1.807) is 0 Å². The van der Waals surface area contributed by atoms with Gasteiger partial charge in [0.25, 0.3) is 0 Å². The van der Waals surface area contributed by atoms with Crippen LogP contribution in [0.2, 0.25) is 5.02 Å². The maximum Gasteiger partial charge on any atom is 0.164 e. The summed E-state index contributed by atoms with van der Waals surface area (Å²) < 4.78 is 1.83. The first-order valence-corrected chi connectivity index (χ1v) is 6.95. The van der Waals surface area contributed by atoms with E-state index < -0.39 is 0 Å². The van der Waals surface area contributed by atoms with Crippen LogP contribution in [0.4, 0.5) is 0 Å². The van der Waals surface area contributed by atoms with Gasteiger partial charge in [-0.2, -0.15) is 5.10 Å². The summed E-state index contributed by atoms with van der Waals surface area (Å²) >= 11 is 6.22. The Hall–Kier alpha value is -1.09. The summed E-state index contributed by atoms with van der Waals surface area (Å²) in [4.78, 5) is 12.2. The monoisotopic (exact) mass is 266 g/mol. The second-order valence-corrected chi connectivity index (χ2v) is 5.11. The number of hydrogen-bond donors (Lipinski definition) is 0. The second-order valence-electron chi connectivity index (χ2n) is 4.74. The SMILES string of the molecule is CCn1nc(C)c(Cl)c1CC(=O)C1=CCCCC1. The van der Waals surface area contributed by atoms with Gasteiger partial charge in [0.05, 0.1) is 22.8 Å². The lowest BCUT2D eigenvalue weighted by atomic mass is 9.94. The van der Waals surface area contributed by atoms with Crippen molar-refractivity contribution in [1.82, 2.24) is 9.78 Å².